The minimum absolute atomic E-state index is 0.172. The quantitative estimate of drug-likeness (QED) is 0.329. The molecule has 2 heterocycles. The molecule has 27 heavy (non-hydrogen) atoms. The van der Waals surface area contributed by atoms with E-state index < -0.39 is 0 Å². The lowest BCUT2D eigenvalue weighted by molar-refractivity contribution is 0.101. The Morgan fingerprint density at radius 2 is 2.26 bits per heavy atom. The number of aromatic nitrogens is 1. The average molecular weight is 374 g/mol. The van der Waals surface area contributed by atoms with Gasteiger partial charge in [-0.3, -0.25) is 4.79 Å². The summed E-state index contributed by atoms with van der Waals surface area (Å²) < 4.78 is 13.7. The standard InChI is InChI=1S/C19H27FN6O/c1-12(27)19-18(15-8-14(20)2-3-17(15)24-19)16(22)11-26(23)10-13-4-6-25(9-13)7-5-21/h2-3,8,11,13,24H,4-7,9-10,21-23H2,1H3/b16-11-/t13-/m1/s1. The summed E-state index contributed by atoms with van der Waals surface area (Å²) in [4.78, 5) is 17.4. The highest BCUT2D eigenvalue weighted by Gasteiger charge is 2.23. The van der Waals surface area contributed by atoms with Gasteiger partial charge in [0.15, 0.2) is 5.78 Å². The van der Waals surface area contributed by atoms with Crippen LogP contribution in [0.1, 0.15) is 29.4 Å². The van der Waals surface area contributed by atoms with Crippen molar-refractivity contribution in [2.75, 3.05) is 32.7 Å². The number of nitrogens with two attached hydrogens (primary N) is 3. The highest BCUT2D eigenvalue weighted by atomic mass is 19.1. The third-order valence-corrected chi connectivity index (χ3v) is 4.99. The summed E-state index contributed by atoms with van der Waals surface area (Å²) in [6, 6.07) is 4.31. The number of ketones is 1. The van der Waals surface area contributed by atoms with E-state index in [0.717, 1.165) is 26.1 Å². The first-order chi connectivity index (χ1) is 12.9. The maximum atomic E-state index is 13.7. The first-order valence-corrected chi connectivity index (χ1v) is 9.12. The molecule has 0 bridgehead atoms. The van der Waals surface area contributed by atoms with Crippen LogP contribution >= 0.6 is 0 Å². The summed E-state index contributed by atoms with van der Waals surface area (Å²) >= 11 is 0. The van der Waals surface area contributed by atoms with Crippen molar-refractivity contribution in [1.82, 2.24) is 14.9 Å². The predicted molar refractivity (Wildman–Crippen MR) is 105 cm³/mol. The van der Waals surface area contributed by atoms with Gasteiger partial charge in [0.2, 0.25) is 0 Å². The Bertz CT molecular complexity index is 861. The second-order valence-corrected chi connectivity index (χ2v) is 7.15. The molecule has 146 valence electrons. The largest absolute Gasteiger partial charge is 0.397 e. The third kappa shape index (κ3) is 4.29. The molecule has 1 aromatic carbocycles. The first kappa shape index (κ1) is 19.3. The molecular formula is C19H27FN6O. The lowest BCUT2D eigenvalue weighted by Crippen LogP contribution is -2.34. The molecule has 8 heteroatoms. The van der Waals surface area contributed by atoms with Gasteiger partial charge in [-0.1, -0.05) is 0 Å². The normalized spacial score (nSPS) is 18.4. The van der Waals surface area contributed by atoms with Crippen LogP contribution in [-0.2, 0) is 0 Å². The smallest absolute Gasteiger partial charge is 0.176 e. The maximum Gasteiger partial charge on any atom is 0.176 e. The lowest BCUT2D eigenvalue weighted by atomic mass is 10.1. The number of carbonyl (C=O) groups is 1. The minimum atomic E-state index is -0.388. The van der Waals surface area contributed by atoms with E-state index >= 15 is 0 Å². The number of fused-ring (bicyclic) bond motifs is 1. The van der Waals surface area contributed by atoms with Gasteiger partial charge in [-0.05, 0) is 37.1 Å². The second-order valence-electron chi connectivity index (χ2n) is 7.15. The van der Waals surface area contributed by atoms with Crippen molar-refractivity contribution in [3.63, 3.8) is 0 Å². The summed E-state index contributed by atoms with van der Waals surface area (Å²) in [5.41, 5.74) is 13.7. The minimum Gasteiger partial charge on any atom is -0.397 e. The number of nitrogens with zero attached hydrogens (tertiary/aromatic N) is 2. The maximum absolute atomic E-state index is 13.7. The molecule has 1 atom stereocenters. The molecule has 0 aliphatic carbocycles. The summed E-state index contributed by atoms with van der Waals surface area (Å²) in [5.74, 6) is 6.01. The van der Waals surface area contributed by atoms with Crippen molar-refractivity contribution in [2.45, 2.75) is 13.3 Å². The molecule has 0 radical (unpaired) electrons. The van der Waals surface area contributed by atoms with Gasteiger partial charge in [0.05, 0.1) is 11.4 Å². The molecule has 0 spiro atoms. The van der Waals surface area contributed by atoms with Crippen LogP contribution in [0.3, 0.4) is 0 Å². The van der Waals surface area contributed by atoms with Crippen LogP contribution in [0.15, 0.2) is 24.4 Å². The van der Waals surface area contributed by atoms with E-state index in [1.165, 1.54) is 19.1 Å². The molecule has 1 aliphatic heterocycles. The van der Waals surface area contributed by atoms with Crippen molar-refractivity contribution in [3.05, 3.63) is 41.5 Å². The molecule has 3 rings (SSSR count). The van der Waals surface area contributed by atoms with Crippen LogP contribution in [0.25, 0.3) is 16.6 Å². The van der Waals surface area contributed by atoms with Crippen molar-refractivity contribution < 1.29 is 9.18 Å². The SMILES string of the molecule is CC(=O)c1[nH]c2ccc(F)cc2c1/C(N)=C/N(N)C[C@@H]1CCN(CCN)C1. The van der Waals surface area contributed by atoms with Crippen LogP contribution in [0.4, 0.5) is 4.39 Å². The molecular weight excluding hydrogens is 347 g/mol. The van der Waals surface area contributed by atoms with Crippen LogP contribution in [0.2, 0.25) is 0 Å². The summed E-state index contributed by atoms with van der Waals surface area (Å²) in [5, 5.41) is 2.12. The number of hydrazine groups is 1. The zero-order valence-corrected chi connectivity index (χ0v) is 15.5. The Hall–Kier alpha value is -2.42. The molecule has 7 nitrogen and oxygen atoms in total. The van der Waals surface area contributed by atoms with E-state index in [-0.39, 0.29) is 11.6 Å². The topological polar surface area (TPSA) is 117 Å². The average Bonchev–Trinajstić information content (AvgIpc) is 3.19. The molecule has 2 aromatic rings. The number of aromatic amines is 1. The fourth-order valence-corrected chi connectivity index (χ4v) is 3.77. The Balaban J connectivity index is 1.82. The van der Waals surface area contributed by atoms with Crippen molar-refractivity contribution in [3.8, 4) is 0 Å². The van der Waals surface area contributed by atoms with Crippen LogP contribution in [-0.4, -0.2) is 53.4 Å². The van der Waals surface area contributed by atoms with Crippen LogP contribution < -0.4 is 17.3 Å². The van der Waals surface area contributed by atoms with Gasteiger partial charge in [-0.2, -0.15) is 0 Å². The fraction of sp³-hybridized carbons (Fsp3) is 0.421. The van der Waals surface area contributed by atoms with Crippen molar-refractivity contribution >= 4 is 22.4 Å². The number of H-pyrrole nitrogens is 1. The number of hydrogen-bond acceptors (Lipinski definition) is 6. The summed E-state index contributed by atoms with van der Waals surface area (Å²) in [7, 11) is 0. The Morgan fingerprint density at radius 1 is 1.48 bits per heavy atom. The monoisotopic (exact) mass is 374 g/mol. The van der Waals surface area contributed by atoms with E-state index in [9.17, 15) is 9.18 Å². The van der Waals surface area contributed by atoms with Gasteiger partial charge in [-0.25, -0.2) is 10.2 Å². The zero-order valence-electron chi connectivity index (χ0n) is 15.5. The van der Waals surface area contributed by atoms with Gasteiger partial charge in [0.1, 0.15) is 5.82 Å². The third-order valence-electron chi connectivity index (χ3n) is 4.99. The number of likely N-dealkylation sites (tertiary alicyclic amines) is 1. The van der Waals surface area contributed by atoms with Gasteiger partial charge in [-0.15, -0.1) is 0 Å². The number of Topliss-reactive ketones (excluding diaryl/α,β-unsaturated/α-hetero) is 1. The summed E-state index contributed by atoms with van der Waals surface area (Å²) in [6.07, 6.45) is 2.67. The molecule has 0 unspecified atom stereocenters. The molecule has 0 amide bonds. The summed E-state index contributed by atoms with van der Waals surface area (Å²) in [6.45, 7) is 5.61. The number of hydrogen-bond donors (Lipinski definition) is 4. The predicted octanol–water partition coefficient (Wildman–Crippen LogP) is 1.22. The second kappa shape index (κ2) is 8.08. The highest BCUT2D eigenvalue weighted by molar-refractivity contribution is 6.06. The highest BCUT2D eigenvalue weighted by Crippen LogP contribution is 2.28. The number of rotatable bonds is 7. The van der Waals surface area contributed by atoms with Gasteiger partial charge < -0.3 is 26.4 Å². The molecule has 7 N–H and O–H groups in total. The van der Waals surface area contributed by atoms with Crippen molar-refractivity contribution in [2.24, 2.45) is 23.2 Å². The van der Waals surface area contributed by atoms with E-state index in [4.69, 9.17) is 17.3 Å². The zero-order chi connectivity index (χ0) is 19.6. The molecule has 1 aliphatic rings. The lowest BCUT2D eigenvalue weighted by Gasteiger charge is -2.20. The first-order valence-electron chi connectivity index (χ1n) is 9.12. The number of nitrogens with one attached hydrogen (secondary N) is 1. The Morgan fingerprint density at radius 3 is 2.96 bits per heavy atom. The van der Waals surface area contributed by atoms with Crippen LogP contribution in [0, 0.1) is 11.7 Å². The van der Waals surface area contributed by atoms with Gasteiger partial charge in [0, 0.05) is 55.8 Å². The number of carbonyl (C=O) groups excluding carboxylic acids is 1. The van der Waals surface area contributed by atoms with Gasteiger partial charge >= 0.3 is 0 Å². The van der Waals surface area contributed by atoms with E-state index in [1.54, 1.807) is 17.3 Å². The Labute approximate surface area is 157 Å². The van der Waals surface area contributed by atoms with Gasteiger partial charge in [0.25, 0.3) is 0 Å². The Kier molecular flexibility index (Phi) is 5.79. The van der Waals surface area contributed by atoms with E-state index in [0.29, 0.717) is 46.9 Å². The molecule has 1 aromatic heterocycles. The number of halogens is 1. The fourth-order valence-electron chi connectivity index (χ4n) is 3.77. The molecule has 0 saturated carbocycles. The number of benzene rings is 1. The molecule has 1 fully saturated rings. The van der Waals surface area contributed by atoms with E-state index in [2.05, 4.69) is 9.88 Å². The van der Waals surface area contributed by atoms with Crippen LogP contribution in [0.5, 0.6) is 0 Å². The van der Waals surface area contributed by atoms with E-state index in [1.807, 2.05) is 0 Å². The van der Waals surface area contributed by atoms with Crippen molar-refractivity contribution in [1.29, 1.82) is 0 Å². The molecule has 1 saturated heterocycles.